The van der Waals surface area contributed by atoms with Crippen LogP contribution in [0.1, 0.15) is 11.3 Å². The molecule has 0 N–H and O–H groups in total. The minimum atomic E-state index is 0.966. The van der Waals surface area contributed by atoms with Gasteiger partial charge in [-0.15, -0.1) is 0 Å². The SMILES string of the molecule is CN1/C(=C\C=C\c2ccc3ccccc3n2)C=Cc2ccccc21. The zero-order chi connectivity index (χ0) is 16.4. The zero-order valence-corrected chi connectivity index (χ0v) is 13.6. The summed E-state index contributed by atoms with van der Waals surface area (Å²) < 4.78 is 0. The van der Waals surface area contributed by atoms with Crippen molar-refractivity contribution in [1.82, 2.24) is 4.98 Å². The second-order valence-corrected chi connectivity index (χ2v) is 5.83. The quantitative estimate of drug-likeness (QED) is 0.639. The van der Waals surface area contributed by atoms with Gasteiger partial charge < -0.3 is 4.90 Å². The molecule has 0 aliphatic carbocycles. The molecule has 116 valence electrons. The molecule has 1 aliphatic rings. The molecule has 0 saturated carbocycles. The molecule has 0 radical (unpaired) electrons. The number of anilines is 1. The van der Waals surface area contributed by atoms with E-state index in [9.17, 15) is 0 Å². The van der Waals surface area contributed by atoms with Gasteiger partial charge in [0.1, 0.15) is 0 Å². The molecule has 2 heterocycles. The van der Waals surface area contributed by atoms with Crippen molar-refractivity contribution in [3.63, 3.8) is 0 Å². The van der Waals surface area contributed by atoms with Crippen molar-refractivity contribution >= 4 is 28.7 Å². The number of hydrogen-bond acceptors (Lipinski definition) is 2. The minimum absolute atomic E-state index is 0.966. The molecule has 2 nitrogen and oxygen atoms in total. The van der Waals surface area contributed by atoms with Crippen LogP contribution in [0.5, 0.6) is 0 Å². The molecule has 2 heteroatoms. The molecular weight excluding hydrogens is 292 g/mol. The molecule has 0 fully saturated rings. The van der Waals surface area contributed by atoms with Crippen molar-refractivity contribution in [2.75, 3.05) is 11.9 Å². The lowest BCUT2D eigenvalue weighted by atomic mass is 10.1. The van der Waals surface area contributed by atoms with Crippen LogP contribution in [0.4, 0.5) is 5.69 Å². The molecule has 0 saturated heterocycles. The number of pyridine rings is 1. The number of aromatic nitrogens is 1. The molecule has 0 bridgehead atoms. The van der Waals surface area contributed by atoms with Crippen molar-refractivity contribution in [1.29, 1.82) is 0 Å². The molecule has 24 heavy (non-hydrogen) atoms. The fourth-order valence-electron chi connectivity index (χ4n) is 2.95. The predicted octanol–water partition coefficient (Wildman–Crippen LogP) is 5.30. The van der Waals surface area contributed by atoms with Gasteiger partial charge in [-0.2, -0.15) is 0 Å². The van der Waals surface area contributed by atoms with Gasteiger partial charge in [-0.1, -0.05) is 54.6 Å². The molecule has 0 amide bonds. The maximum atomic E-state index is 4.67. The first-order chi connectivity index (χ1) is 11.8. The van der Waals surface area contributed by atoms with E-state index < -0.39 is 0 Å². The lowest BCUT2D eigenvalue weighted by Crippen LogP contribution is -2.18. The first-order valence-electron chi connectivity index (χ1n) is 8.06. The van der Waals surface area contributed by atoms with E-state index in [1.54, 1.807) is 0 Å². The van der Waals surface area contributed by atoms with Crippen molar-refractivity contribution in [3.05, 3.63) is 95.8 Å². The maximum absolute atomic E-state index is 4.67. The Labute approximate surface area is 142 Å². The van der Waals surface area contributed by atoms with E-state index in [0.717, 1.165) is 16.9 Å². The summed E-state index contributed by atoms with van der Waals surface area (Å²) in [4.78, 5) is 6.87. The summed E-state index contributed by atoms with van der Waals surface area (Å²) in [6.45, 7) is 0. The van der Waals surface area contributed by atoms with Gasteiger partial charge in [0.05, 0.1) is 11.2 Å². The van der Waals surface area contributed by atoms with Crippen LogP contribution in [0.2, 0.25) is 0 Å². The number of para-hydroxylation sites is 2. The van der Waals surface area contributed by atoms with E-state index in [-0.39, 0.29) is 0 Å². The Morgan fingerprint density at radius 1 is 0.875 bits per heavy atom. The average Bonchev–Trinajstić information content (AvgIpc) is 2.64. The predicted molar refractivity (Wildman–Crippen MR) is 103 cm³/mol. The number of allylic oxidation sites excluding steroid dienone is 3. The summed E-state index contributed by atoms with van der Waals surface area (Å²) in [6, 6.07) is 20.7. The van der Waals surface area contributed by atoms with Crippen LogP contribution in [-0.4, -0.2) is 12.0 Å². The second kappa shape index (κ2) is 6.17. The molecule has 0 unspecified atom stereocenters. The Morgan fingerprint density at radius 2 is 1.71 bits per heavy atom. The molecule has 2 aromatic carbocycles. The van der Waals surface area contributed by atoms with E-state index in [0.29, 0.717) is 0 Å². The first-order valence-corrected chi connectivity index (χ1v) is 8.06. The van der Waals surface area contributed by atoms with Gasteiger partial charge >= 0.3 is 0 Å². The Balaban J connectivity index is 1.59. The Kier molecular flexibility index (Phi) is 3.72. The van der Waals surface area contributed by atoms with E-state index in [1.165, 1.54) is 16.6 Å². The summed E-state index contributed by atoms with van der Waals surface area (Å²) in [5.74, 6) is 0. The highest BCUT2D eigenvalue weighted by Gasteiger charge is 2.11. The summed E-state index contributed by atoms with van der Waals surface area (Å²) in [7, 11) is 2.09. The number of nitrogens with zero attached hydrogens (tertiary/aromatic N) is 2. The highest BCUT2D eigenvalue weighted by atomic mass is 15.1. The van der Waals surface area contributed by atoms with Crippen LogP contribution in [-0.2, 0) is 0 Å². The number of benzene rings is 2. The van der Waals surface area contributed by atoms with Crippen molar-refractivity contribution in [2.24, 2.45) is 0 Å². The van der Waals surface area contributed by atoms with Crippen LogP contribution < -0.4 is 4.90 Å². The van der Waals surface area contributed by atoms with Gasteiger partial charge in [-0.3, -0.25) is 0 Å². The fourth-order valence-corrected chi connectivity index (χ4v) is 2.95. The van der Waals surface area contributed by atoms with Crippen LogP contribution >= 0.6 is 0 Å². The normalized spacial score (nSPS) is 15.4. The summed E-state index contributed by atoms with van der Waals surface area (Å²) in [6.07, 6.45) is 10.5. The van der Waals surface area contributed by atoms with Crippen LogP contribution in [0, 0.1) is 0 Å². The number of likely N-dealkylation sites (N-methyl/N-ethyl adjacent to an activating group) is 1. The average molecular weight is 310 g/mol. The lowest BCUT2D eigenvalue weighted by molar-refractivity contribution is 1.12. The van der Waals surface area contributed by atoms with Crippen molar-refractivity contribution in [3.8, 4) is 0 Å². The second-order valence-electron chi connectivity index (χ2n) is 5.83. The van der Waals surface area contributed by atoms with Gasteiger partial charge in [-0.05, 0) is 42.0 Å². The Morgan fingerprint density at radius 3 is 2.67 bits per heavy atom. The largest absolute Gasteiger partial charge is 0.344 e. The molecular formula is C22H18N2. The third kappa shape index (κ3) is 2.74. The van der Waals surface area contributed by atoms with Gasteiger partial charge in [0.25, 0.3) is 0 Å². The minimum Gasteiger partial charge on any atom is -0.344 e. The molecule has 1 aromatic heterocycles. The van der Waals surface area contributed by atoms with Crippen molar-refractivity contribution in [2.45, 2.75) is 0 Å². The van der Waals surface area contributed by atoms with E-state index in [1.807, 2.05) is 30.3 Å². The maximum Gasteiger partial charge on any atom is 0.0709 e. The lowest BCUT2D eigenvalue weighted by Gasteiger charge is -2.26. The third-order valence-electron chi connectivity index (χ3n) is 4.27. The van der Waals surface area contributed by atoms with Crippen LogP contribution in [0.3, 0.4) is 0 Å². The molecule has 1 aliphatic heterocycles. The Bertz CT molecular complexity index is 980. The topological polar surface area (TPSA) is 16.1 Å². The Hall–Kier alpha value is -3.13. The monoisotopic (exact) mass is 310 g/mol. The number of rotatable bonds is 2. The number of hydrogen-bond donors (Lipinski definition) is 0. The summed E-state index contributed by atoms with van der Waals surface area (Å²) in [5, 5.41) is 1.17. The summed E-state index contributed by atoms with van der Waals surface area (Å²) in [5.41, 5.74) is 5.62. The van der Waals surface area contributed by atoms with E-state index >= 15 is 0 Å². The van der Waals surface area contributed by atoms with Gasteiger partial charge in [0.2, 0.25) is 0 Å². The third-order valence-corrected chi connectivity index (χ3v) is 4.27. The smallest absolute Gasteiger partial charge is 0.0709 e. The highest BCUT2D eigenvalue weighted by Crippen LogP contribution is 2.29. The highest BCUT2D eigenvalue weighted by molar-refractivity contribution is 5.80. The number of fused-ring (bicyclic) bond motifs is 2. The van der Waals surface area contributed by atoms with Crippen LogP contribution in [0.15, 0.2) is 84.6 Å². The van der Waals surface area contributed by atoms with Gasteiger partial charge in [0.15, 0.2) is 0 Å². The van der Waals surface area contributed by atoms with Crippen LogP contribution in [0.25, 0.3) is 23.1 Å². The standard InChI is InChI=1S/C22H18N2/c1-24-20(16-14-18-8-3-5-12-22(18)24)10-6-9-19-15-13-17-7-2-4-11-21(17)23-19/h2-16H,1H3/b9-6+,20-10-. The first kappa shape index (κ1) is 14.5. The van der Waals surface area contributed by atoms with E-state index in [4.69, 9.17) is 0 Å². The zero-order valence-electron chi connectivity index (χ0n) is 13.6. The van der Waals surface area contributed by atoms with Crippen molar-refractivity contribution < 1.29 is 0 Å². The van der Waals surface area contributed by atoms with E-state index in [2.05, 4.69) is 77.6 Å². The molecule has 3 aromatic rings. The summed E-state index contributed by atoms with van der Waals surface area (Å²) >= 11 is 0. The fraction of sp³-hybridized carbons (Fsp3) is 0.0455. The molecule has 0 spiro atoms. The molecule has 0 atom stereocenters. The van der Waals surface area contributed by atoms with Gasteiger partial charge in [0, 0.05) is 23.8 Å². The molecule has 4 rings (SSSR count). The van der Waals surface area contributed by atoms with Gasteiger partial charge in [-0.25, -0.2) is 4.98 Å².